The van der Waals surface area contributed by atoms with E-state index in [1.54, 1.807) is 6.07 Å². The Hall–Kier alpha value is -1.01. The van der Waals surface area contributed by atoms with Crippen LogP contribution in [0.5, 0.6) is 0 Å². The third-order valence-electron chi connectivity index (χ3n) is 1.63. The summed E-state index contributed by atoms with van der Waals surface area (Å²) in [6, 6.07) is 1.65. The highest BCUT2D eigenvalue weighted by Crippen LogP contribution is 2.01. The third-order valence-corrected chi connectivity index (χ3v) is 3.24. The zero-order valence-corrected chi connectivity index (χ0v) is 8.57. The molecule has 1 aromatic heterocycles. The number of aromatic nitrogens is 2. The third kappa shape index (κ3) is 3.80. The Morgan fingerprint density at radius 2 is 1.93 bits per heavy atom. The molecule has 0 saturated heterocycles. The number of hydrogen-bond donors (Lipinski definition) is 1. The minimum absolute atomic E-state index is 0.0990. The van der Waals surface area contributed by atoms with Gasteiger partial charge < -0.3 is 5.73 Å². The van der Waals surface area contributed by atoms with E-state index in [1.165, 1.54) is 12.4 Å². The van der Waals surface area contributed by atoms with E-state index in [2.05, 4.69) is 9.97 Å². The van der Waals surface area contributed by atoms with E-state index < -0.39 is 9.84 Å². The van der Waals surface area contributed by atoms with Crippen molar-refractivity contribution in [2.75, 3.05) is 12.3 Å². The second-order valence-corrected chi connectivity index (χ2v) is 5.08. The molecule has 0 radical (unpaired) electrons. The van der Waals surface area contributed by atoms with E-state index in [1.807, 2.05) is 0 Å². The zero-order valence-electron chi connectivity index (χ0n) is 7.76. The molecule has 1 aromatic rings. The molecule has 0 aliphatic carbocycles. The Kier molecular flexibility index (Phi) is 3.97. The van der Waals surface area contributed by atoms with Gasteiger partial charge in [0.2, 0.25) is 0 Å². The summed E-state index contributed by atoms with van der Waals surface area (Å²) in [4.78, 5) is 7.70. The summed E-state index contributed by atoms with van der Waals surface area (Å²) in [5, 5.41) is 0. The molecular formula is C8H13N3O2S. The maximum absolute atomic E-state index is 11.4. The van der Waals surface area contributed by atoms with E-state index in [4.69, 9.17) is 5.73 Å². The van der Waals surface area contributed by atoms with Gasteiger partial charge in [0.15, 0.2) is 9.84 Å². The Labute approximate surface area is 83.3 Å². The van der Waals surface area contributed by atoms with Crippen LogP contribution in [0.1, 0.15) is 12.2 Å². The first-order chi connectivity index (χ1) is 6.64. The molecule has 0 unspecified atom stereocenters. The molecule has 78 valence electrons. The van der Waals surface area contributed by atoms with Crippen molar-refractivity contribution in [3.63, 3.8) is 0 Å². The van der Waals surface area contributed by atoms with Crippen LogP contribution in [0, 0.1) is 0 Å². The topological polar surface area (TPSA) is 85.9 Å². The van der Waals surface area contributed by atoms with Gasteiger partial charge in [0.05, 0.1) is 5.75 Å². The summed E-state index contributed by atoms with van der Waals surface area (Å²) in [6.45, 7) is 0.384. The van der Waals surface area contributed by atoms with E-state index >= 15 is 0 Å². The molecule has 2 N–H and O–H groups in total. The lowest BCUT2D eigenvalue weighted by molar-refractivity contribution is 0.591. The molecular weight excluding hydrogens is 202 g/mol. The van der Waals surface area contributed by atoms with Gasteiger partial charge >= 0.3 is 0 Å². The van der Waals surface area contributed by atoms with Crippen LogP contribution in [0.4, 0.5) is 0 Å². The summed E-state index contributed by atoms with van der Waals surface area (Å²) < 4.78 is 22.8. The second-order valence-electron chi connectivity index (χ2n) is 2.90. The molecule has 1 rings (SSSR count). The largest absolute Gasteiger partial charge is 0.330 e. The molecule has 0 atom stereocenters. The van der Waals surface area contributed by atoms with Crippen LogP contribution in [0.25, 0.3) is 0 Å². The Morgan fingerprint density at radius 1 is 1.29 bits per heavy atom. The molecule has 0 aliphatic rings. The van der Waals surface area contributed by atoms with Gasteiger partial charge in [0.1, 0.15) is 11.6 Å². The van der Waals surface area contributed by atoms with Crippen molar-refractivity contribution < 1.29 is 8.42 Å². The average Bonchev–Trinajstić information content (AvgIpc) is 2.16. The van der Waals surface area contributed by atoms with Crippen LogP contribution >= 0.6 is 0 Å². The highest BCUT2D eigenvalue weighted by Gasteiger charge is 2.12. The fourth-order valence-electron chi connectivity index (χ4n) is 0.977. The van der Waals surface area contributed by atoms with Crippen LogP contribution < -0.4 is 5.73 Å². The molecule has 0 aromatic carbocycles. The van der Waals surface area contributed by atoms with Crippen molar-refractivity contribution in [3.8, 4) is 0 Å². The minimum Gasteiger partial charge on any atom is -0.330 e. The predicted molar refractivity (Wildman–Crippen MR) is 53.2 cm³/mol. The number of rotatable bonds is 5. The van der Waals surface area contributed by atoms with Crippen molar-refractivity contribution in [3.05, 3.63) is 24.3 Å². The molecule has 0 aliphatic heterocycles. The van der Waals surface area contributed by atoms with Crippen molar-refractivity contribution >= 4 is 9.84 Å². The number of sulfone groups is 1. The summed E-state index contributed by atoms with van der Waals surface area (Å²) >= 11 is 0. The Morgan fingerprint density at radius 3 is 2.50 bits per heavy atom. The lowest BCUT2D eigenvalue weighted by Gasteiger charge is -2.01. The van der Waals surface area contributed by atoms with E-state index in [9.17, 15) is 8.42 Å². The normalized spacial score (nSPS) is 11.5. The van der Waals surface area contributed by atoms with Crippen molar-refractivity contribution in [2.24, 2.45) is 5.73 Å². The number of nitrogens with two attached hydrogens (primary N) is 1. The highest BCUT2D eigenvalue weighted by atomic mass is 32.2. The van der Waals surface area contributed by atoms with Crippen LogP contribution in [0.2, 0.25) is 0 Å². The molecule has 14 heavy (non-hydrogen) atoms. The number of hydrogen-bond acceptors (Lipinski definition) is 5. The molecule has 6 heteroatoms. The van der Waals surface area contributed by atoms with E-state index in [0.717, 1.165) is 0 Å². The van der Waals surface area contributed by atoms with Gasteiger partial charge in [0, 0.05) is 12.4 Å². The Bertz CT molecular complexity index is 363. The van der Waals surface area contributed by atoms with Gasteiger partial charge in [-0.25, -0.2) is 18.4 Å². The molecule has 0 fully saturated rings. The fourth-order valence-corrected chi connectivity index (χ4v) is 2.27. The second kappa shape index (κ2) is 5.02. The van der Waals surface area contributed by atoms with Crippen LogP contribution in [-0.4, -0.2) is 30.7 Å². The molecule has 0 bridgehead atoms. The predicted octanol–water partition coefficient (Wildman–Crippen LogP) is -0.260. The van der Waals surface area contributed by atoms with Crippen molar-refractivity contribution in [1.82, 2.24) is 9.97 Å². The monoisotopic (exact) mass is 215 g/mol. The van der Waals surface area contributed by atoms with Gasteiger partial charge in [-0.3, -0.25) is 0 Å². The standard InChI is InChI=1S/C8H13N3O2S/c9-3-1-6-14(12,13)7-8-10-4-2-5-11-8/h2,4-5H,1,3,6-7,9H2. The van der Waals surface area contributed by atoms with Gasteiger partial charge in [-0.1, -0.05) is 0 Å². The molecule has 1 heterocycles. The SMILES string of the molecule is NCCCS(=O)(=O)Cc1ncccn1. The lowest BCUT2D eigenvalue weighted by Crippen LogP contribution is -2.14. The first-order valence-corrected chi connectivity index (χ1v) is 6.12. The van der Waals surface area contributed by atoms with Gasteiger partial charge in [0.25, 0.3) is 0 Å². The first-order valence-electron chi connectivity index (χ1n) is 4.30. The molecule has 0 amide bonds. The van der Waals surface area contributed by atoms with Gasteiger partial charge in [-0.05, 0) is 19.0 Å². The van der Waals surface area contributed by atoms with Gasteiger partial charge in [-0.15, -0.1) is 0 Å². The average molecular weight is 215 g/mol. The summed E-state index contributed by atoms with van der Waals surface area (Å²) in [5.41, 5.74) is 5.23. The van der Waals surface area contributed by atoms with Crippen LogP contribution in [-0.2, 0) is 15.6 Å². The summed E-state index contributed by atoms with van der Waals surface area (Å²) in [7, 11) is -3.10. The maximum Gasteiger partial charge on any atom is 0.157 e. The van der Waals surface area contributed by atoms with Gasteiger partial charge in [-0.2, -0.15) is 0 Å². The fraction of sp³-hybridized carbons (Fsp3) is 0.500. The smallest absolute Gasteiger partial charge is 0.157 e. The van der Waals surface area contributed by atoms with E-state index in [-0.39, 0.29) is 11.5 Å². The number of nitrogens with zero attached hydrogens (tertiary/aromatic N) is 2. The maximum atomic E-state index is 11.4. The van der Waals surface area contributed by atoms with E-state index in [0.29, 0.717) is 18.8 Å². The van der Waals surface area contributed by atoms with Crippen molar-refractivity contribution in [2.45, 2.75) is 12.2 Å². The molecule has 0 spiro atoms. The Balaban J connectivity index is 2.60. The summed E-state index contributed by atoms with van der Waals surface area (Å²) in [5.74, 6) is 0.333. The quantitative estimate of drug-likeness (QED) is 0.731. The zero-order chi connectivity index (χ0) is 10.4. The highest BCUT2D eigenvalue weighted by molar-refractivity contribution is 7.90. The van der Waals surface area contributed by atoms with Crippen LogP contribution in [0.3, 0.4) is 0 Å². The first kappa shape index (κ1) is 11.1. The molecule has 0 saturated carbocycles. The lowest BCUT2D eigenvalue weighted by atomic mass is 10.5. The summed E-state index contributed by atoms with van der Waals surface area (Å²) in [6.07, 6.45) is 3.54. The van der Waals surface area contributed by atoms with Crippen LogP contribution in [0.15, 0.2) is 18.5 Å². The molecule has 5 nitrogen and oxygen atoms in total. The van der Waals surface area contributed by atoms with Crippen molar-refractivity contribution in [1.29, 1.82) is 0 Å². The minimum atomic E-state index is -3.10.